The first-order valence-electron chi connectivity index (χ1n) is 23.3. The van der Waals surface area contributed by atoms with Crippen molar-refractivity contribution in [2.24, 2.45) is 11.8 Å². The Morgan fingerprint density at radius 3 is 1.08 bits per heavy atom. The molecule has 0 aromatic carbocycles. The van der Waals surface area contributed by atoms with Gasteiger partial charge in [0.25, 0.3) is 0 Å². The molecule has 0 radical (unpaired) electrons. The zero-order valence-corrected chi connectivity index (χ0v) is 36.1. The van der Waals surface area contributed by atoms with E-state index in [0.717, 1.165) is 69.6 Å². The molecule has 0 rings (SSSR count). The third-order valence-electron chi connectivity index (χ3n) is 10.8. The van der Waals surface area contributed by atoms with Crippen LogP contribution in [0.4, 0.5) is 0 Å². The molecule has 0 amide bonds. The van der Waals surface area contributed by atoms with E-state index in [4.69, 9.17) is 14.2 Å². The molecular weight excluding hydrogens is 661 g/mol. The van der Waals surface area contributed by atoms with E-state index in [-0.39, 0.29) is 31.1 Å². The Hall–Kier alpha value is -1.59. The van der Waals surface area contributed by atoms with Crippen LogP contribution in [0.2, 0.25) is 0 Å². The fraction of sp³-hybridized carbons (Fsp3) is 0.936. The monoisotopic (exact) mass is 751 g/mol. The number of rotatable bonds is 41. The third-order valence-corrected chi connectivity index (χ3v) is 10.8. The van der Waals surface area contributed by atoms with Gasteiger partial charge in [-0.25, -0.2) is 0 Å². The highest BCUT2D eigenvalue weighted by atomic mass is 16.6. The molecule has 0 heterocycles. The number of hydrogen-bond acceptors (Lipinski definition) is 6. The second-order valence-corrected chi connectivity index (χ2v) is 16.8. The Morgan fingerprint density at radius 2 is 0.717 bits per heavy atom. The van der Waals surface area contributed by atoms with Crippen LogP contribution in [0.5, 0.6) is 0 Å². The van der Waals surface area contributed by atoms with E-state index >= 15 is 0 Å². The molecule has 0 bridgehead atoms. The summed E-state index contributed by atoms with van der Waals surface area (Å²) in [5.74, 6) is 0.709. The Morgan fingerprint density at radius 1 is 0.396 bits per heavy atom. The van der Waals surface area contributed by atoms with Gasteiger partial charge < -0.3 is 14.2 Å². The van der Waals surface area contributed by atoms with Crippen LogP contribution in [0.3, 0.4) is 0 Å². The molecule has 6 nitrogen and oxygen atoms in total. The summed E-state index contributed by atoms with van der Waals surface area (Å²) >= 11 is 0. The molecule has 0 spiro atoms. The lowest BCUT2D eigenvalue weighted by Gasteiger charge is -2.18. The lowest BCUT2D eigenvalue weighted by atomic mass is 10.00. The molecule has 53 heavy (non-hydrogen) atoms. The van der Waals surface area contributed by atoms with Gasteiger partial charge >= 0.3 is 17.9 Å². The maximum Gasteiger partial charge on any atom is 0.306 e. The minimum absolute atomic E-state index is 0.0663. The normalized spacial score (nSPS) is 12.6. The summed E-state index contributed by atoms with van der Waals surface area (Å²) in [5.41, 5.74) is 0. The van der Waals surface area contributed by atoms with Gasteiger partial charge in [-0.05, 0) is 31.1 Å². The van der Waals surface area contributed by atoms with Gasteiger partial charge in [0, 0.05) is 19.3 Å². The van der Waals surface area contributed by atoms with Crippen molar-refractivity contribution in [3.63, 3.8) is 0 Å². The summed E-state index contributed by atoms with van der Waals surface area (Å²) < 4.78 is 16.7. The molecule has 0 N–H and O–H groups in total. The molecule has 0 saturated carbocycles. The van der Waals surface area contributed by atoms with Crippen LogP contribution in [-0.4, -0.2) is 37.2 Å². The first kappa shape index (κ1) is 51.4. The standard InChI is InChI=1S/C47H90O6/c1-6-8-9-10-11-12-13-14-15-16-17-18-19-20-27-32-37-45(48)51-40-44(53-47(50)39-34-29-23-21-25-30-35-42(3)4)41-52-46(49)38-33-28-24-22-26-31-36-43(5)7-2/h42-44H,6-41H2,1-5H3/t43?,44-/m0/s1. The van der Waals surface area contributed by atoms with Crippen molar-refractivity contribution in [2.45, 2.75) is 259 Å². The average Bonchev–Trinajstić information content (AvgIpc) is 3.14. The number of carbonyl (C=O) groups excluding carboxylic acids is 3. The number of esters is 3. The van der Waals surface area contributed by atoms with Crippen LogP contribution < -0.4 is 0 Å². The molecule has 0 aliphatic heterocycles. The maximum absolute atomic E-state index is 12.7. The summed E-state index contributed by atoms with van der Waals surface area (Å²) in [4.78, 5) is 37.7. The van der Waals surface area contributed by atoms with Gasteiger partial charge in [0.1, 0.15) is 13.2 Å². The summed E-state index contributed by atoms with van der Waals surface area (Å²) in [5, 5.41) is 0. The van der Waals surface area contributed by atoms with Crippen molar-refractivity contribution < 1.29 is 28.6 Å². The van der Waals surface area contributed by atoms with Gasteiger partial charge in [0.2, 0.25) is 0 Å². The van der Waals surface area contributed by atoms with Crippen molar-refractivity contribution >= 4 is 17.9 Å². The van der Waals surface area contributed by atoms with Crippen molar-refractivity contribution in [1.82, 2.24) is 0 Å². The van der Waals surface area contributed by atoms with Gasteiger partial charge in [0.05, 0.1) is 0 Å². The first-order valence-corrected chi connectivity index (χ1v) is 23.3. The first-order chi connectivity index (χ1) is 25.8. The van der Waals surface area contributed by atoms with Crippen LogP contribution in [0.1, 0.15) is 253 Å². The molecule has 0 aliphatic rings. The van der Waals surface area contributed by atoms with Crippen molar-refractivity contribution in [1.29, 1.82) is 0 Å². The van der Waals surface area contributed by atoms with Crippen molar-refractivity contribution in [3.8, 4) is 0 Å². The van der Waals surface area contributed by atoms with Gasteiger partial charge in [0.15, 0.2) is 6.10 Å². The van der Waals surface area contributed by atoms with E-state index in [9.17, 15) is 14.4 Å². The number of ether oxygens (including phenoxy) is 3. The third kappa shape index (κ3) is 39.9. The Bertz CT molecular complexity index is 811. The topological polar surface area (TPSA) is 78.9 Å². The lowest BCUT2D eigenvalue weighted by molar-refractivity contribution is -0.167. The van der Waals surface area contributed by atoms with Crippen molar-refractivity contribution in [2.75, 3.05) is 13.2 Å². The predicted molar refractivity (Wildman–Crippen MR) is 224 cm³/mol. The Balaban J connectivity index is 4.27. The lowest BCUT2D eigenvalue weighted by Crippen LogP contribution is -2.30. The molecule has 0 fully saturated rings. The average molecular weight is 751 g/mol. The molecular formula is C47H90O6. The number of hydrogen-bond donors (Lipinski definition) is 0. The number of carbonyl (C=O) groups is 3. The van der Waals surface area contributed by atoms with E-state index in [1.807, 2.05) is 0 Å². The minimum atomic E-state index is -0.761. The van der Waals surface area contributed by atoms with Gasteiger partial charge in [-0.15, -0.1) is 0 Å². The predicted octanol–water partition coefficient (Wildman–Crippen LogP) is 14.6. The Labute approximate surface area is 329 Å². The fourth-order valence-electron chi connectivity index (χ4n) is 6.90. The Kier molecular flexibility index (Phi) is 38.9. The summed E-state index contributed by atoms with van der Waals surface area (Å²) in [6.07, 6.45) is 38.2. The molecule has 0 saturated heterocycles. The zero-order valence-electron chi connectivity index (χ0n) is 36.1. The van der Waals surface area contributed by atoms with Crippen LogP contribution >= 0.6 is 0 Å². The van der Waals surface area contributed by atoms with Crippen LogP contribution in [-0.2, 0) is 28.6 Å². The summed E-state index contributed by atoms with van der Waals surface area (Å²) in [6.45, 7) is 11.2. The van der Waals surface area contributed by atoms with Crippen LogP contribution in [0.25, 0.3) is 0 Å². The van der Waals surface area contributed by atoms with Crippen LogP contribution in [0.15, 0.2) is 0 Å². The SMILES string of the molecule is CCCCCCCCCCCCCCCCCCC(=O)OC[C@@H](COC(=O)CCCCCCCCC(C)CC)OC(=O)CCCCCCCCC(C)C. The van der Waals surface area contributed by atoms with Gasteiger partial charge in [-0.3, -0.25) is 14.4 Å². The van der Waals surface area contributed by atoms with Crippen LogP contribution in [0, 0.1) is 11.8 Å². The molecule has 0 aliphatic carbocycles. The van der Waals surface area contributed by atoms with Gasteiger partial charge in [-0.1, -0.05) is 214 Å². The van der Waals surface area contributed by atoms with E-state index in [1.165, 1.54) is 141 Å². The smallest absolute Gasteiger partial charge is 0.306 e. The zero-order chi connectivity index (χ0) is 39.0. The molecule has 0 aromatic rings. The molecule has 0 aromatic heterocycles. The molecule has 314 valence electrons. The second kappa shape index (κ2) is 40.1. The molecule has 6 heteroatoms. The van der Waals surface area contributed by atoms with E-state index < -0.39 is 6.10 Å². The fourth-order valence-corrected chi connectivity index (χ4v) is 6.90. The minimum Gasteiger partial charge on any atom is -0.462 e. The van der Waals surface area contributed by atoms with Gasteiger partial charge in [-0.2, -0.15) is 0 Å². The molecule has 1 unspecified atom stereocenters. The summed E-state index contributed by atoms with van der Waals surface area (Å²) in [6, 6.07) is 0. The number of unbranched alkanes of at least 4 members (excludes halogenated alkanes) is 25. The van der Waals surface area contributed by atoms with E-state index in [0.29, 0.717) is 19.3 Å². The second-order valence-electron chi connectivity index (χ2n) is 16.8. The van der Waals surface area contributed by atoms with E-state index in [2.05, 4.69) is 34.6 Å². The molecule has 2 atom stereocenters. The quantitative estimate of drug-likeness (QED) is 0.0352. The summed E-state index contributed by atoms with van der Waals surface area (Å²) in [7, 11) is 0. The van der Waals surface area contributed by atoms with E-state index in [1.54, 1.807) is 0 Å². The largest absolute Gasteiger partial charge is 0.462 e. The highest BCUT2D eigenvalue weighted by Crippen LogP contribution is 2.17. The highest BCUT2D eigenvalue weighted by molar-refractivity contribution is 5.71. The van der Waals surface area contributed by atoms with Crippen molar-refractivity contribution in [3.05, 3.63) is 0 Å². The maximum atomic E-state index is 12.7. The highest BCUT2D eigenvalue weighted by Gasteiger charge is 2.19.